The minimum absolute atomic E-state index is 0.567. The molecule has 0 spiro atoms. The number of anilines is 1. The molecule has 0 aromatic carbocycles. The van der Waals surface area contributed by atoms with Crippen LogP contribution >= 0.6 is 0 Å². The van der Waals surface area contributed by atoms with Gasteiger partial charge in [0, 0.05) is 18.3 Å². The summed E-state index contributed by atoms with van der Waals surface area (Å²) in [6, 6.07) is 5.51. The van der Waals surface area contributed by atoms with Gasteiger partial charge in [-0.1, -0.05) is 5.16 Å². The molecule has 0 aliphatic carbocycles. The second kappa shape index (κ2) is 3.65. The molecule has 6 heteroatoms. The number of aromatic nitrogens is 4. The van der Waals surface area contributed by atoms with Gasteiger partial charge in [0.1, 0.15) is 5.82 Å². The van der Waals surface area contributed by atoms with Gasteiger partial charge in [-0.05, 0) is 6.07 Å². The molecule has 0 saturated carbocycles. The standard InChI is InChI=1S/C10H9N5O/c1-5-13-16-8(1)7-11-9-3-6-15-10(14-9)2-4-12-15/h1-6H,7H2,(H,11,14). The van der Waals surface area contributed by atoms with E-state index in [0.29, 0.717) is 6.54 Å². The molecule has 0 atom stereocenters. The van der Waals surface area contributed by atoms with Crippen LogP contribution in [0.2, 0.25) is 0 Å². The summed E-state index contributed by atoms with van der Waals surface area (Å²) in [6.45, 7) is 0.567. The van der Waals surface area contributed by atoms with Gasteiger partial charge >= 0.3 is 0 Å². The van der Waals surface area contributed by atoms with Crippen LogP contribution in [0.3, 0.4) is 0 Å². The highest BCUT2D eigenvalue weighted by Crippen LogP contribution is 2.07. The Kier molecular flexibility index (Phi) is 2.03. The Labute approximate surface area is 90.9 Å². The van der Waals surface area contributed by atoms with E-state index in [9.17, 15) is 0 Å². The molecule has 80 valence electrons. The van der Waals surface area contributed by atoms with Gasteiger partial charge in [-0.3, -0.25) is 0 Å². The maximum atomic E-state index is 4.97. The lowest BCUT2D eigenvalue weighted by molar-refractivity contribution is 0.388. The Morgan fingerprint density at radius 2 is 2.25 bits per heavy atom. The van der Waals surface area contributed by atoms with Crippen molar-refractivity contribution >= 4 is 11.5 Å². The predicted octanol–water partition coefficient (Wildman–Crippen LogP) is 1.33. The lowest BCUT2D eigenvalue weighted by Crippen LogP contribution is -2.01. The van der Waals surface area contributed by atoms with Crippen molar-refractivity contribution in [2.45, 2.75) is 6.54 Å². The second-order valence-corrected chi connectivity index (χ2v) is 3.28. The van der Waals surface area contributed by atoms with Crippen LogP contribution in [-0.2, 0) is 6.54 Å². The van der Waals surface area contributed by atoms with Crippen molar-refractivity contribution in [1.82, 2.24) is 19.8 Å². The van der Waals surface area contributed by atoms with Crippen molar-refractivity contribution in [3.05, 3.63) is 42.5 Å². The van der Waals surface area contributed by atoms with Crippen molar-refractivity contribution in [2.24, 2.45) is 0 Å². The topological polar surface area (TPSA) is 68.2 Å². The summed E-state index contributed by atoms with van der Waals surface area (Å²) in [5.41, 5.74) is 0.808. The Hall–Kier alpha value is -2.37. The first-order valence-corrected chi connectivity index (χ1v) is 4.86. The van der Waals surface area contributed by atoms with Crippen molar-refractivity contribution < 1.29 is 4.52 Å². The van der Waals surface area contributed by atoms with Gasteiger partial charge < -0.3 is 9.84 Å². The molecule has 3 heterocycles. The quantitative estimate of drug-likeness (QED) is 0.713. The van der Waals surface area contributed by atoms with Crippen LogP contribution in [0.25, 0.3) is 5.65 Å². The van der Waals surface area contributed by atoms with E-state index in [-0.39, 0.29) is 0 Å². The van der Waals surface area contributed by atoms with Gasteiger partial charge in [-0.2, -0.15) is 5.10 Å². The van der Waals surface area contributed by atoms with Crippen LogP contribution in [0.1, 0.15) is 5.76 Å². The zero-order chi connectivity index (χ0) is 10.8. The first kappa shape index (κ1) is 8.90. The third-order valence-corrected chi connectivity index (χ3v) is 2.19. The highest BCUT2D eigenvalue weighted by Gasteiger charge is 2.00. The summed E-state index contributed by atoms with van der Waals surface area (Å²) >= 11 is 0. The molecular weight excluding hydrogens is 206 g/mol. The Balaban J connectivity index is 1.78. The summed E-state index contributed by atoms with van der Waals surface area (Å²) in [7, 11) is 0. The summed E-state index contributed by atoms with van der Waals surface area (Å²) in [5, 5.41) is 10.8. The van der Waals surface area contributed by atoms with Gasteiger partial charge in [-0.25, -0.2) is 9.50 Å². The van der Waals surface area contributed by atoms with Gasteiger partial charge in [0.15, 0.2) is 11.4 Å². The van der Waals surface area contributed by atoms with Crippen LogP contribution < -0.4 is 5.32 Å². The second-order valence-electron chi connectivity index (χ2n) is 3.28. The minimum atomic E-state index is 0.567. The molecule has 0 saturated heterocycles. The molecule has 3 rings (SSSR count). The van der Waals surface area contributed by atoms with E-state index in [2.05, 4.69) is 20.6 Å². The molecule has 0 aliphatic rings. The van der Waals surface area contributed by atoms with Crippen molar-refractivity contribution in [2.75, 3.05) is 5.32 Å². The number of hydrogen-bond donors (Lipinski definition) is 1. The number of hydrogen-bond acceptors (Lipinski definition) is 5. The molecule has 0 radical (unpaired) electrons. The Morgan fingerprint density at radius 3 is 3.12 bits per heavy atom. The van der Waals surface area contributed by atoms with Crippen LogP contribution in [-0.4, -0.2) is 19.8 Å². The summed E-state index contributed by atoms with van der Waals surface area (Å²) in [4.78, 5) is 4.36. The fraction of sp³-hybridized carbons (Fsp3) is 0.100. The third-order valence-electron chi connectivity index (χ3n) is 2.19. The van der Waals surface area contributed by atoms with Crippen molar-refractivity contribution in [1.29, 1.82) is 0 Å². The fourth-order valence-electron chi connectivity index (χ4n) is 1.42. The third kappa shape index (κ3) is 1.60. The molecule has 0 unspecified atom stereocenters. The van der Waals surface area contributed by atoms with Crippen molar-refractivity contribution in [3.8, 4) is 0 Å². The largest absolute Gasteiger partial charge is 0.363 e. The average molecular weight is 215 g/mol. The van der Waals surface area contributed by atoms with Gasteiger partial charge in [0.25, 0.3) is 0 Å². The molecule has 0 bridgehead atoms. The summed E-state index contributed by atoms with van der Waals surface area (Å²) < 4.78 is 6.68. The number of rotatable bonds is 3. The van der Waals surface area contributed by atoms with Crippen LogP contribution in [0.4, 0.5) is 5.82 Å². The van der Waals surface area contributed by atoms with E-state index in [4.69, 9.17) is 4.52 Å². The predicted molar refractivity (Wildman–Crippen MR) is 56.8 cm³/mol. The molecule has 0 amide bonds. The normalized spacial score (nSPS) is 10.8. The van der Waals surface area contributed by atoms with Gasteiger partial charge in [0.2, 0.25) is 0 Å². The lowest BCUT2D eigenvalue weighted by atomic mass is 10.4. The highest BCUT2D eigenvalue weighted by molar-refractivity contribution is 5.45. The Morgan fingerprint density at radius 1 is 1.25 bits per heavy atom. The zero-order valence-electron chi connectivity index (χ0n) is 8.37. The molecule has 6 nitrogen and oxygen atoms in total. The zero-order valence-corrected chi connectivity index (χ0v) is 8.37. The van der Waals surface area contributed by atoms with Gasteiger partial charge in [0.05, 0.1) is 18.9 Å². The molecule has 16 heavy (non-hydrogen) atoms. The first-order valence-electron chi connectivity index (χ1n) is 4.86. The monoisotopic (exact) mass is 215 g/mol. The SMILES string of the molecule is c1cc(CNc2ccn3nccc3n2)on1. The van der Waals surface area contributed by atoms with E-state index < -0.39 is 0 Å². The molecule has 3 aromatic rings. The molecule has 3 aromatic heterocycles. The van der Waals surface area contributed by atoms with Crippen LogP contribution in [0, 0.1) is 0 Å². The maximum absolute atomic E-state index is 4.97. The molecule has 0 aliphatic heterocycles. The van der Waals surface area contributed by atoms with E-state index in [1.165, 1.54) is 0 Å². The lowest BCUT2D eigenvalue weighted by Gasteiger charge is -2.02. The number of fused-ring (bicyclic) bond motifs is 1. The smallest absolute Gasteiger partial charge is 0.157 e. The molecular formula is C10H9N5O. The summed E-state index contributed by atoms with van der Waals surface area (Å²) in [5.74, 6) is 1.56. The minimum Gasteiger partial charge on any atom is -0.363 e. The van der Waals surface area contributed by atoms with E-state index in [0.717, 1.165) is 17.2 Å². The average Bonchev–Trinajstić information content (AvgIpc) is 2.97. The maximum Gasteiger partial charge on any atom is 0.157 e. The van der Waals surface area contributed by atoms with Crippen LogP contribution in [0.15, 0.2) is 41.3 Å². The first-order chi connectivity index (χ1) is 7.92. The van der Waals surface area contributed by atoms with Gasteiger partial charge in [-0.15, -0.1) is 0 Å². The van der Waals surface area contributed by atoms with Crippen LogP contribution in [0.5, 0.6) is 0 Å². The number of nitrogens with zero attached hydrogens (tertiary/aromatic N) is 4. The van der Waals surface area contributed by atoms with E-state index in [1.807, 2.05) is 24.4 Å². The number of nitrogens with one attached hydrogen (secondary N) is 1. The van der Waals surface area contributed by atoms with E-state index >= 15 is 0 Å². The molecule has 0 fully saturated rings. The summed E-state index contributed by atoms with van der Waals surface area (Å²) in [6.07, 6.45) is 5.18. The van der Waals surface area contributed by atoms with E-state index in [1.54, 1.807) is 16.9 Å². The molecule has 1 N–H and O–H groups in total. The highest BCUT2D eigenvalue weighted by atomic mass is 16.5. The fourth-order valence-corrected chi connectivity index (χ4v) is 1.42. The van der Waals surface area contributed by atoms with Crippen molar-refractivity contribution in [3.63, 3.8) is 0 Å². The Bertz CT molecular complexity index is 586.